The number of nitrogens with one attached hydrogen (secondary N) is 1. The van der Waals surface area contributed by atoms with Gasteiger partial charge in [-0.25, -0.2) is 9.78 Å². The number of amides is 1. The molecule has 8 heteroatoms. The summed E-state index contributed by atoms with van der Waals surface area (Å²) in [6.45, 7) is 7.30. The molecule has 0 radical (unpaired) electrons. The van der Waals surface area contributed by atoms with E-state index >= 15 is 0 Å². The molecule has 0 aliphatic carbocycles. The average molecular weight is 466 g/mol. The fraction of sp³-hybridized carbons (Fsp3) is 0.346. The van der Waals surface area contributed by atoms with Gasteiger partial charge in [-0.2, -0.15) is 0 Å². The second kappa shape index (κ2) is 11.4. The van der Waals surface area contributed by atoms with Crippen LogP contribution in [0.4, 0.5) is 4.79 Å². The van der Waals surface area contributed by atoms with Gasteiger partial charge in [0.15, 0.2) is 6.10 Å². The van der Waals surface area contributed by atoms with Gasteiger partial charge < -0.3 is 19.5 Å². The lowest BCUT2D eigenvalue weighted by Crippen LogP contribution is -2.47. The van der Waals surface area contributed by atoms with Crippen LogP contribution in [0.15, 0.2) is 73.3 Å². The first-order chi connectivity index (χ1) is 16.3. The fourth-order valence-electron chi connectivity index (χ4n) is 3.47. The van der Waals surface area contributed by atoms with Gasteiger partial charge in [0.2, 0.25) is 6.23 Å². The molecule has 2 aromatic carbocycles. The first kappa shape index (κ1) is 24.8. The first-order valence-electron chi connectivity index (χ1n) is 11.2. The van der Waals surface area contributed by atoms with Crippen LogP contribution in [0.1, 0.15) is 33.9 Å². The monoisotopic (exact) mass is 465 g/mol. The third-order valence-electron chi connectivity index (χ3n) is 5.27. The topological polar surface area (TPSA) is 91.7 Å². The highest BCUT2D eigenvalue weighted by atomic mass is 16.6. The lowest BCUT2D eigenvalue weighted by Gasteiger charge is -2.38. The molecule has 0 fully saturated rings. The largest absolute Gasteiger partial charge is 0.466 e. The second-order valence-corrected chi connectivity index (χ2v) is 8.53. The van der Waals surface area contributed by atoms with Crippen molar-refractivity contribution in [3.63, 3.8) is 0 Å². The Balaban J connectivity index is 1.92. The summed E-state index contributed by atoms with van der Waals surface area (Å²) in [5.41, 5.74) is 1.37. The molecular weight excluding hydrogens is 434 g/mol. The van der Waals surface area contributed by atoms with E-state index in [4.69, 9.17) is 14.2 Å². The van der Waals surface area contributed by atoms with E-state index in [0.29, 0.717) is 12.3 Å². The van der Waals surface area contributed by atoms with Crippen LogP contribution in [0.25, 0.3) is 11.1 Å². The van der Waals surface area contributed by atoms with Crippen molar-refractivity contribution in [2.24, 2.45) is 5.41 Å². The molecule has 0 aliphatic heterocycles. The Labute approximate surface area is 199 Å². The molecule has 1 N–H and O–H groups in total. The third-order valence-corrected chi connectivity index (χ3v) is 5.27. The minimum atomic E-state index is -0.818. The molecule has 3 rings (SSSR count). The molecule has 0 saturated carbocycles. The highest BCUT2D eigenvalue weighted by Gasteiger charge is 2.42. The number of imidazole rings is 1. The summed E-state index contributed by atoms with van der Waals surface area (Å²) >= 11 is 0. The van der Waals surface area contributed by atoms with Crippen LogP contribution in [0.5, 0.6) is 5.75 Å². The molecule has 1 amide bonds. The number of hydrogen-bond acceptors (Lipinski definition) is 6. The number of benzene rings is 2. The molecule has 0 saturated heterocycles. The lowest BCUT2D eigenvalue weighted by atomic mass is 9.86. The van der Waals surface area contributed by atoms with Gasteiger partial charge in [-0.15, -0.1) is 0 Å². The summed E-state index contributed by atoms with van der Waals surface area (Å²) in [7, 11) is 0. The van der Waals surface area contributed by atoms with Crippen LogP contribution in [-0.4, -0.2) is 40.9 Å². The maximum Gasteiger partial charge on any atom is 0.407 e. The average Bonchev–Trinajstić information content (AvgIpc) is 3.36. The number of nitrogens with zero attached hydrogens (tertiary/aromatic N) is 2. The van der Waals surface area contributed by atoms with Gasteiger partial charge in [-0.1, -0.05) is 56.3 Å². The van der Waals surface area contributed by atoms with Gasteiger partial charge in [0.25, 0.3) is 0 Å². The first-order valence-corrected chi connectivity index (χ1v) is 11.2. The standard InChI is InChI=1S/C26H31N3O5/c1-5-28-25(31)34-23(26(3,4)17-32-19(2)30)24(29-16-15-27-18-29)33-22-13-11-21(12-14-22)20-9-7-6-8-10-20/h6-16,18,23-24H,5,17H2,1-4H3,(H,28,31). The van der Waals surface area contributed by atoms with Crippen molar-refractivity contribution in [2.45, 2.75) is 40.0 Å². The zero-order valence-corrected chi connectivity index (χ0v) is 19.9. The summed E-state index contributed by atoms with van der Waals surface area (Å²) in [6, 6.07) is 17.7. The number of carbonyl (C=O) groups excluding carboxylic acids is 2. The molecule has 34 heavy (non-hydrogen) atoms. The number of rotatable bonds is 10. The van der Waals surface area contributed by atoms with Crippen molar-refractivity contribution in [3.05, 3.63) is 73.3 Å². The minimum Gasteiger partial charge on any atom is -0.466 e. The number of aromatic nitrogens is 2. The Kier molecular flexibility index (Phi) is 8.29. The van der Waals surface area contributed by atoms with Crippen molar-refractivity contribution in [2.75, 3.05) is 13.2 Å². The van der Waals surface area contributed by atoms with Crippen molar-refractivity contribution in [1.82, 2.24) is 14.9 Å². The van der Waals surface area contributed by atoms with E-state index in [9.17, 15) is 9.59 Å². The van der Waals surface area contributed by atoms with Crippen molar-refractivity contribution >= 4 is 12.1 Å². The zero-order chi connectivity index (χ0) is 24.6. The second-order valence-electron chi connectivity index (χ2n) is 8.53. The van der Waals surface area contributed by atoms with E-state index in [1.807, 2.05) is 68.4 Å². The maximum atomic E-state index is 12.4. The summed E-state index contributed by atoms with van der Waals surface area (Å²) in [5.74, 6) is 0.174. The van der Waals surface area contributed by atoms with Gasteiger partial charge in [0.05, 0.1) is 6.33 Å². The number of hydrogen-bond donors (Lipinski definition) is 1. The van der Waals surface area contributed by atoms with Gasteiger partial charge >= 0.3 is 12.1 Å². The summed E-state index contributed by atoms with van der Waals surface area (Å²) in [4.78, 5) is 28.1. The van der Waals surface area contributed by atoms with E-state index in [1.54, 1.807) is 30.2 Å². The Morgan fingerprint density at radius 3 is 2.32 bits per heavy atom. The minimum absolute atomic E-state index is 0.0356. The molecule has 180 valence electrons. The predicted octanol–water partition coefficient (Wildman–Crippen LogP) is 4.83. The number of alkyl carbamates (subject to hydrolysis) is 1. The van der Waals surface area contributed by atoms with Crippen LogP contribution >= 0.6 is 0 Å². The van der Waals surface area contributed by atoms with Crippen LogP contribution in [0, 0.1) is 5.41 Å². The van der Waals surface area contributed by atoms with Crippen molar-refractivity contribution in [1.29, 1.82) is 0 Å². The quantitative estimate of drug-likeness (QED) is 0.431. The number of ether oxygens (including phenoxy) is 3. The number of carbonyl (C=O) groups is 2. The number of esters is 1. The predicted molar refractivity (Wildman–Crippen MR) is 128 cm³/mol. The van der Waals surface area contributed by atoms with E-state index in [0.717, 1.165) is 11.1 Å². The highest BCUT2D eigenvalue weighted by molar-refractivity contribution is 5.67. The summed E-state index contributed by atoms with van der Waals surface area (Å²) in [6.07, 6.45) is 2.78. The van der Waals surface area contributed by atoms with E-state index in [-0.39, 0.29) is 6.61 Å². The van der Waals surface area contributed by atoms with Gasteiger partial charge in [-0.3, -0.25) is 9.36 Å². The Bertz CT molecular complexity index is 1050. The van der Waals surface area contributed by atoms with E-state index < -0.39 is 29.8 Å². The van der Waals surface area contributed by atoms with E-state index in [2.05, 4.69) is 10.3 Å². The smallest absolute Gasteiger partial charge is 0.407 e. The van der Waals surface area contributed by atoms with E-state index in [1.165, 1.54) is 6.92 Å². The fourth-order valence-corrected chi connectivity index (χ4v) is 3.47. The maximum absolute atomic E-state index is 12.4. The van der Waals surface area contributed by atoms with Crippen LogP contribution in [-0.2, 0) is 14.3 Å². The van der Waals surface area contributed by atoms with Gasteiger partial charge in [0.1, 0.15) is 12.4 Å². The van der Waals surface area contributed by atoms with Crippen molar-refractivity contribution < 1.29 is 23.8 Å². The molecule has 2 atom stereocenters. The normalized spacial score (nSPS) is 12.9. The van der Waals surface area contributed by atoms with Gasteiger partial charge in [0, 0.05) is 31.3 Å². The molecule has 1 aromatic heterocycles. The molecule has 0 aliphatic rings. The Morgan fingerprint density at radius 1 is 1.06 bits per heavy atom. The van der Waals surface area contributed by atoms with Crippen LogP contribution in [0.3, 0.4) is 0 Å². The summed E-state index contributed by atoms with van der Waals surface area (Å²) < 4.78 is 19.2. The third kappa shape index (κ3) is 6.60. The molecular formula is C26H31N3O5. The lowest BCUT2D eigenvalue weighted by molar-refractivity contribution is -0.151. The Hall–Kier alpha value is -3.81. The molecule has 2 unspecified atom stereocenters. The molecule has 1 heterocycles. The molecule has 3 aromatic rings. The zero-order valence-electron chi connectivity index (χ0n) is 19.9. The van der Waals surface area contributed by atoms with Crippen LogP contribution < -0.4 is 10.1 Å². The van der Waals surface area contributed by atoms with Crippen LogP contribution in [0.2, 0.25) is 0 Å². The van der Waals surface area contributed by atoms with Gasteiger partial charge in [-0.05, 0) is 30.2 Å². The highest BCUT2D eigenvalue weighted by Crippen LogP contribution is 2.35. The molecule has 0 bridgehead atoms. The SMILES string of the molecule is CCNC(=O)OC(C(Oc1ccc(-c2ccccc2)cc1)n1ccnc1)C(C)(C)COC(C)=O. The Morgan fingerprint density at radius 2 is 1.74 bits per heavy atom. The molecule has 0 spiro atoms. The molecule has 8 nitrogen and oxygen atoms in total. The van der Waals surface area contributed by atoms with Crippen molar-refractivity contribution in [3.8, 4) is 16.9 Å². The summed E-state index contributed by atoms with van der Waals surface area (Å²) in [5, 5.41) is 2.65.